The van der Waals surface area contributed by atoms with Gasteiger partial charge in [-0.25, -0.2) is 0 Å². The molecule has 0 fully saturated rings. The number of hydrogen-bond donors (Lipinski definition) is 0. The molecular weight excluding hydrogens is 266 g/mol. The summed E-state index contributed by atoms with van der Waals surface area (Å²) in [6.07, 6.45) is 0. The van der Waals surface area contributed by atoms with Gasteiger partial charge in [0.2, 0.25) is 0 Å². The monoisotopic (exact) mass is 273 g/mol. The zero-order valence-corrected chi connectivity index (χ0v) is 10.5. The van der Waals surface area contributed by atoms with E-state index < -0.39 is 0 Å². The fourth-order valence-corrected chi connectivity index (χ4v) is 2.07. The van der Waals surface area contributed by atoms with Gasteiger partial charge in [0.1, 0.15) is 0 Å². The van der Waals surface area contributed by atoms with Crippen molar-refractivity contribution in [2.24, 2.45) is 0 Å². The number of imide groups is 1. The van der Waals surface area contributed by atoms with E-state index >= 15 is 0 Å². The molecule has 0 unspecified atom stereocenters. The minimum absolute atomic E-state index is 0.0938. The molecule has 1 aliphatic rings. The van der Waals surface area contributed by atoms with Crippen molar-refractivity contribution >= 4 is 23.4 Å². The van der Waals surface area contributed by atoms with Crippen LogP contribution in [0.3, 0.4) is 0 Å². The summed E-state index contributed by atoms with van der Waals surface area (Å²) in [4.78, 5) is 25.4. The van der Waals surface area contributed by atoms with Crippen LogP contribution in [0.15, 0.2) is 36.4 Å². The van der Waals surface area contributed by atoms with Crippen molar-refractivity contribution < 1.29 is 9.59 Å². The van der Waals surface area contributed by atoms with Gasteiger partial charge in [0, 0.05) is 0 Å². The Morgan fingerprint density at radius 3 is 2.11 bits per heavy atom. The molecule has 1 aliphatic heterocycles. The van der Waals surface area contributed by atoms with Gasteiger partial charge in [0.25, 0.3) is 11.8 Å². The SMILES string of the molecule is O=C1c2ccccc2C(=O)N1Cc1ccc(Cl)nn1. The Morgan fingerprint density at radius 2 is 1.58 bits per heavy atom. The maximum Gasteiger partial charge on any atom is 0.261 e. The van der Waals surface area contributed by atoms with Crippen LogP contribution in [0.4, 0.5) is 0 Å². The van der Waals surface area contributed by atoms with Crippen LogP contribution < -0.4 is 0 Å². The molecule has 2 heterocycles. The van der Waals surface area contributed by atoms with Gasteiger partial charge in [-0.15, -0.1) is 5.10 Å². The van der Waals surface area contributed by atoms with Gasteiger partial charge >= 0.3 is 0 Å². The molecule has 0 atom stereocenters. The second kappa shape index (κ2) is 4.44. The molecule has 0 radical (unpaired) electrons. The van der Waals surface area contributed by atoms with Crippen molar-refractivity contribution in [1.29, 1.82) is 0 Å². The fourth-order valence-electron chi connectivity index (χ4n) is 1.97. The van der Waals surface area contributed by atoms with Crippen molar-refractivity contribution in [2.75, 3.05) is 0 Å². The molecule has 0 saturated heterocycles. The lowest BCUT2D eigenvalue weighted by Crippen LogP contribution is -2.29. The van der Waals surface area contributed by atoms with Crippen molar-refractivity contribution in [2.45, 2.75) is 6.54 Å². The van der Waals surface area contributed by atoms with E-state index in [0.29, 0.717) is 16.8 Å². The zero-order valence-electron chi connectivity index (χ0n) is 9.71. The Balaban J connectivity index is 1.90. The van der Waals surface area contributed by atoms with Crippen LogP contribution in [-0.4, -0.2) is 26.9 Å². The van der Waals surface area contributed by atoms with Gasteiger partial charge in [-0.1, -0.05) is 23.7 Å². The van der Waals surface area contributed by atoms with Crippen LogP contribution in [0.5, 0.6) is 0 Å². The highest BCUT2D eigenvalue weighted by Gasteiger charge is 2.35. The van der Waals surface area contributed by atoms with Crippen LogP contribution in [0.25, 0.3) is 0 Å². The van der Waals surface area contributed by atoms with Crippen LogP contribution in [0, 0.1) is 0 Å². The highest BCUT2D eigenvalue weighted by atomic mass is 35.5. The van der Waals surface area contributed by atoms with Gasteiger partial charge in [-0.2, -0.15) is 5.10 Å². The lowest BCUT2D eigenvalue weighted by Gasteiger charge is -2.12. The summed E-state index contributed by atoms with van der Waals surface area (Å²) in [5, 5.41) is 7.80. The predicted octanol–water partition coefficient (Wildman–Crippen LogP) is 1.93. The molecule has 6 heteroatoms. The molecule has 94 valence electrons. The maximum atomic E-state index is 12.1. The quantitative estimate of drug-likeness (QED) is 0.784. The number of carbonyl (C=O) groups is 2. The first kappa shape index (κ1) is 11.8. The van der Waals surface area contributed by atoms with Crippen molar-refractivity contribution in [1.82, 2.24) is 15.1 Å². The molecule has 5 nitrogen and oxygen atoms in total. The Kier molecular flexibility index (Phi) is 2.76. The fraction of sp³-hybridized carbons (Fsp3) is 0.0769. The smallest absolute Gasteiger partial charge is 0.261 e. The summed E-state index contributed by atoms with van der Waals surface area (Å²) < 4.78 is 0. The van der Waals surface area contributed by atoms with E-state index in [0.717, 1.165) is 4.90 Å². The molecule has 0 aliphatic carbocycles. The molecule has 3 rings (SSSR count). The average molecular weight is 274 g/mol. The molecule has 0 N–H and O–H groups in total. The lowest BCUT2D eigenvalue weighted by atomic mass is 10.1. The molecule has 2 aromatic rings. The average Bonchev–Trinajstić information content (AvgIpc) is 2.67. The van der Waals surface area contributed by atoms with E-state index in [1.165, 1.54) is 0 Å². The van der Waals surface area contributed by atoms with E-state index in [9.17, 15) is 9.59 Å². The number of halogens is 1. The van der Waals surface area contributed by atoms with Gasteiger partial charge in [0.15, 0.2) is 5.15 Å². The molecule has 1 aromatic carbocycles. The molecule has 0 bridgehead atoms. The van der Waals surface area contributed by atoms with Crippen molar-refractivity contribution in [3.63, 3.8) is 0 Å². The number of fused-ring (bicyclic) bond motifs is 1. The number of nitrogens with zero attached hydrogens (tertiary/aromatic N) is 3. The van der Waals surface area contributed by atoms with Crippen LogP contribution in [-0.2, 0) is 6.54 Å². The topological polar surface area (TPSA) is 63.2 Å². The first-order valence-electron chi connectivity index (χ1n) is 5.60. The third kappa shape index (κ3) is 1.98. The summed E-state index contributed by atoms with van der Waals surface area (Å²) in [6.45, 7) is 0.0938. The van der Waals surface area contributed by atoms with Crippen LogP contribution >= 0.6 is 11.6 Å². The second-order valence-corrected chi connectivity index (χ2v) is 4.48. The molecule has 2 amide bonds. The van der Waals surface area contributed by atoms with Gasteiger partial charge in [-0.05, 0) is 24.3 Å². The normalized spacial score (nSPS) is 13.8. The van der Waals surface area contributed by atoms with E-state index in [4.69, 9.17) is 11.6 Å². The minimum atomic E-state index is -0.308. The first-order valence-corrected chi connectivity index (χ1v) is 5.98. The third-order valence-electron chi connectivity index (χ3n) is 2.89. The number of rotatable bonds is 2. The Labute approximate surface area is 113 Å². The summed E-state index contributed by atoms with van der Waals surface area (Å²) in [5.74, 6) is -0.616. The molecule has 0 spiro atoms. The third-order valence-corrected chi connectivity index (χ3v) is 3.09. The zero-order chi connectivity index (χ0) is 13.4. The highest BCUT2D eigenvalue weighted by Crippen LogP contribution is 2.23. The van der Waals surface area contributed by atoms with Gasteiger partial charge in [0.05, 0.1) is 23.4 Å². The van der Waals surface area contributed by atoms with Crippen LogP contribution in [0.2, 0.25) is 5.15 Å². The highest BCUT2D eigenvalue weighted by molar-refractivity contribution is 6.29. The largest absolute Gasteiger partial charge is 0.269 e. The lowest BCUT2D eigenvalue weighted by molar-refractivity contribution is 0.0640. The van der Waals surface area contributed by atoms with E-state index in [1.807, 2.05) is 0 Å². The number of amides is 2. The van der Waals surface area contributed by atoms with E-state index in [2.05, 4.69) is 10.2 Å². The Morgan fingerprint density at radius 1 is 0.947 bits per heavy atom. The number of aromatic nitrogens is 2. The summed E-state index contributed by atoms with van der Waals surface area (Å²) >= 11 is 5.64. The van der Waals surface area contributed by atoms with Crippen molar-refractivity contribution in [3.05, 3.63) is 58.4 Å². The van der Waals surface area contributed by atoms with Gasteiger partial charge < -0.3 is 0 Å². The summed E-state index contributed by atoms with van der Waals surface area (Å²) in [6, 6.07) is 9.96. The van der Waals surface area contributed by atoms with E-state index in [-0.39, 0.29) is 23.5 Å². The molecule has 19 heavy (non-hydrogen) atoms. The number of hydrogen-bond acceptors (Lipinski definition) is 4. The number of benzene rings is 1. The Bertz CT molecular complexity index is 635. The minimum Gasteiger partial charge on any atom is -0.269 e. The molecular formula is C13H8ClN3O2. The standard InChI is InChI=1S/C13H8ClN3O2/c14-11-6-5-8(15-16-11)7-17-12(18)9-3-1-2-4-10(9)13(17)19/h1-6H,7H2. The predicted molar refractivity (Wildman–Crippen MR) is 67.7 cm³/mol. The van der Waals surface area contributed by atoms with Crippen LogP contribution in [0.1, 0.15) is 26.4 Å². The van der Waals surface area contributed by atoms with Gasteiger partial charge in [-0.3, -0.25) is 14.5 Å². The summed E-state index contributed by atoms with van der Waals surface area (Å²) in [7, 11) is 0. The second-order valence-electron chi connectivity index (χ2n) is 4.09. The number of carbonyl (C=O) groups excluding carboxylic acids is 2. The summed E-state index contributed by atoms with van der Waals surface area (Å²) in [5.41, 5.74) is 1.36. The maximum absolute atomic E-state index is 12.1. The molecule has 0 saturated carbocycles. The van der Waals surface area contributed by atoms with E-state index in [1.54, 1.807) is 36.4 Å². The van der Waals surface area contributed by atoms with Crippen molar-refractivity contribution in [3.8, 4) is 0 Å². The first-order chi connectivity index (χ1) is 9.16. The molecule has 1 aromatic heterocycles. The Hall–Kier alpha value is -2.27.